The normalized spacial score (nSPS) is 15.2. The van der Waals surface area contributed by atoms with Crippen LogP contribution in [0, 0.1) is 0 Å². The molecule has 144 valence electrons. The quantitative estimate of drug-likeness (QED) is 0.708. The van der Waals surface area contributed by atoms with Gasteiger partial charge in [0.2, 0.25) is 5.89 Å². The van der Waals surface area contributed by atoms with E-state index in [4.69, 9.17) is 18.6 Å². The second-order valence-electron chi connectivity index (χ2n) is 6.36. The summed E-state index contributed by atoms with van der Waals surface area (Å²) >= 11 is 0. The molecule has 2 heterocycles. The first kappa shape index (κ1) is 17.9. The van der Waals surface area contributed by atoms with Gasteiger partial charge >= 0.3 is 0 Å². The van der Waals surface area contributed by atoms with Gasteiger partial charge in [0.05, 0.1) is 13.2 Å². The SMILES string of the molecule is COc1cccc2c1OCC(NC(=O)c1coc(COc3ccccc3)n1)C2. The largest absolute Gasteiger partial charge is 0.493 e. The van der Waals surface area contributed by atoms with Crippen molar-refractivity contribution in [3.05, 3.63) is 71.9 Å². The predicted molar refractivity (Wildman–Crippen MR) is 101 cm³/mol. The first-order valence-electron chi connectivity index (χ1n) is 8.94. The molecule has 1 aliphatic heterocycles. The summed E-state index contributed by atoms with van der Waals surface area (Å²) in [5.41, 5.74) is 1.20. The van der Waals surface area contributed by atoms with E-state index in [9.17, 15) is 4.79 Å². The van der Waals surface area contributed by atoms with Crippen LogP contribution in [0.3, 0.4) is 0 Å². The Labute approximate surface area is 162 Å². The molecule has 1 N–H and O–H groups in total. The minimum absolute atomic E-state index is 0.150. The molecule has 7 heteroatoms. The van der Waals surface area contributed by atoms with Crippen LogP contribution in [0.4, 0.5) is 0 Å². The summed E-state index contributed by atoms with van der Waals surface area (Å²) in [4.78, 5) is 16.7. The van der Waals surface area contributed by atoms with Crippen molar-refractivity contribution in [3.8, 4) is 17.2 Å². The number of hydrogen-bond donors (Lipinski definition) is 1. The number of carbonyl (C=O) groups is 1. The molecule has 3 aromatic rings. The Hall–Kier alpha value is -3.48. The van der Waals surface area contributed by atoms with Crippen molar-refractivity contribution >= 4 is 5.91 Å². The van der Waals surface area contributed by atoms with E-state index in [2.05, 4.69) is 10.3 Å². The molecule has 1 unspecified atom stereocenters. The fourth-order valence-electron chi connectivity index (χ4n) is 3.05. The van der Waals surface area contributed by atoms with Crippen LogP contribution in [0.15, 0.2) is 59.2 Å². The Balaban J connectivity index is 1.35. The van der Waals surface area contributed by atoms with Crippen molar-refractivity contribution in [2.45, 2.75) is 19.1 Å². The maximum Gasteiger partial charge on any atom is 0.273 e. The van der Waals surface area contributed by atoms with Crippen LogP contribution in [0.5, 0.6) is 17.2 Å². The number of oxazole rings is 1. The lowest BCUT2D eigenvalue weighted by molar-refractivity contribution is 0.0909. The van der Waals surface area contributed by atoms with E-state index in [0.717, 1.165) is 11.3 Å². The molecule has 1 atom stereocenters. The third-order valence-electron chi connectivity index (χ3n) is 4.40. The zero-order chi connectivity index (χ0) is 19.3. The Bertz CT molecular complexity index is 954. The van der Waals surface area contributed by atoms with Gasteiger partial charge in [-0.3, -0.25) is 4.79 Å². The minimum atomic E-state index is -0.311. The van der Waals surface area contributed by atoms with E-state index < -0.39 is 0 Å². The van der Waals surface area contributed by atoms with Crippen LogP contribution < -0.4 is 19.5 Å². The van der Waals surface area contributed by atoms with Gasteiger partial charge in [-0.2, -0.15) is 0 Å². The van der Waals surface area contributed by atoms with Crippen LogP contribution in [-0.4, -0.2) is 30.6 Å². The van der Waals surface area contributed by atoms with E-state index in [-0.39, 0.29) is 24.2 Å². The fraction of sp³-hybridized carbons (Fsp3) is 0.238. The van der Waals surface area contributed by atoms with Crippen molar-refractivity contribution in [2.75, 3.05) is 13.7 Å². The number of methoxy groups -OCH3 is 1. The second-order valence-corrected chi connectivity index (χ2v) is 6.36. The number of aromatic nitrogens is 1. The molecule has 2 aromatic carbocycles. The van der Waals surface area contributed by atoms with Crippen LogP contribution >= 0.6 is 0 Å². The average molecular weight is 380 g/mol. The molecular formula is C21H20N2O5. The number of rotatable bonds is 6. The highest BCUT2D eigenvalue weighted by molar-refractivity contribution is 5.92. The maximum absolute atomic E-state index is 12.5. The van der Waals surface area contributed by atoms with E-state index in [0.29, 0.717) is 30.4 Å². The van der Waals surface area contributed by atoms with E-state index in [1.54, 1.807) is 7.11 Å². The second kappa shape index (κ2) is 8.04. The molecule has 0 spiro atoms. The number of fused-ring (bicyclic) bond motifs is 1. The number of nitrogens with zero attached hydrogens (tertiary/aromatic N) is 1. The molecule has 0 saturated carbocycles. The van der Waals surface area contributed by atoms with Gasteiger partial charge in [-0.25, -0.2) is 4.98 Å². The van der Waals surface area contributed by atoms with Gasteiger partial charge in [-0.15, -0.1) is 0 Å². The van der Waals surface area contributed by atoms with Crippen LogP contribution in [0.25, 0.3) is 0 Å². The molecule has 28 heavy (non-hydrogen) atoms. The number of amides is 1. The van der Waals surface area contributed by atoms with Crippen molar-refractivity contribution in [2.24, 2.45) is 0 Å². The summed E-state index contributed by atoms with van der Waals surface area (Å²) in [7, 11) is 1.61. The van der Waals surface area contributed by atoms with Crippen molar-refractivity contribution in [1.29, 1.82) is 0 Å². The molecule has 0 radical (unpaired) electrons. The van der Waals surface area contributed by atoms with Crippen molar-refractivity contribution in [3.63, 3.8) is 0 Å². The molecule has 0 bridgehead atoms. The number of nitrogens with one attached hydrogen (secondary N) is 1. The fourth-order valence-corrected chi connectivity index (χ4v) is 3.05. The first-order chi connectivity index (χ1) is 13.7. The van der Waals surface area contributed by atoms with E-state index in [1.165, 1.54) is 6.26 Å². The first-order valence-corrected chi connectivity index (χ1v) is 8.94. The molecule has 1 aliphatic rings. The summed E-state index contributed by atoms with van der Waals surface area (Å²) in [6, 6.07) is 14.9. The standard InChI is InChI=1S/C21H20N2O5/c1-25-18-9-5-6-14-10-15(11-28-20(14)18)22-21(24)17-12-27-19(23-17)13-26-16-7-3-2-4-8-16/h2-9,12,15H,10-11,13H2,1H3,(H,22,24). The van der Waals surface area contributed by atoms with E-state index >= 15 is 0 Å². The molecule has 4 rings (SSSR count). The zero-order valence-corrected chi connectivity index (χ0v) is 15.4. The Morgan fingerprint density at radius 1 is 1.21 bits per heavy atom. The summed E-state index contributed by atoms with van der Waals surface area (Å²) in [6.45, 7) is 0.512. The topological polar surface area (TPSA) is 82.8 Å². The number of ether oxygens (including phenoxy) is 3. The molecule has 7 nitrogen and oxygen atoms in total. The van der Waals surface area contributed by atoms with Gasteiger partial charge < -0.3 is 23.9 Å². The highest BCUT2D eigenvalue weighted by Crippen LogP contribution is 2.34. The lowest BCUT2D eigenvalue weighted by Gasteiger charge is -2.26. The highest BCUT2D eigenvalue weighted by Gasteiger charge is 2.25. The van der Waals surface area contributed by atoms with Crippen LogP contribution in [-0.2, 0) is 13.0 Å². The van der Waals surface area contributed by atoms with Gasteiger partial charge in [0.1, 0.15) is 18.6 Å². The van der Waals surface area contributed by atoms with Gasteiger partial charge in [0.15, 0.2) is 23.8 Å². The molecule has 0 aliphatic carbocycles. The molecule has 1 amide bonds. The summed E-state index contributed by atoms with van der Waals surface area (Å²) in [6.07, 6.45) is 1.99. The van der Waals surface area contributed by atoms with E-state index in [1.807, 2.05) is 48.5 Å². The van der Waals surface area contributed by atoms with Gasteiger partial charge in [-0.1, -0.05) is 30.3 Å². The van der Waals surface area contributed by atoms with Gasteiger partial charge in [0, 0.05) is 5.56 Å². The Morgan fingerprint density at radius 3 is 2.89 bits per heavy atom. The van der Waals surface area contributed by atoms with Gasteiger partial charge in [-0.05, 0) is 24.6 Å². The summed E-state index contributed by atoms with van der Waals surface area (Å²) < 4.78 is 22.0. The van der Waals surface area contributed by atoms with Crippen molar-refractivity contribution in [1.82, 2.24) is 10.3 Å². The van der Waals surface area contributed by atoms with Gasteiger partial charge in [0.25, 0.3) is 5.91 Å². The number of para-hydroxylation sites is 2. The summed E-state index contributed by atoms with van der Waals surface area (Å²) in [5, 5.41) is 2.93. The van der Waals surface area contributed by atoms with Crippen LogP contribution in [0.1, 0.15) is 21.9 Å². The van der Waals surface area contributed by atoms with Crippen LogP contribution in [0.2, 0.25) is 0 Å². The van der Waals surface area contributed by atoms with Crippen molar-refractivity contribution < 1.29 is 23.4 Å². The Morgan fingerprint density at radius 2 is 2.07 bits per heavy atom. The Kier molecular flexibility index (Phi) is 5.14. The molecule has 0 saturated heterocycles. The number of benzene rings is 2. The molecular weight excluding hydrogens is 360 g/mol. The number of carbonyl (C=O) groups excluding carboxylic acids is 1. The third-order valence-corrected chi connectivity index (χ3v) is 4.40. The lowest BCUT2D eigenvalue weighted by atomic mass is 10.0. The molecule has 1 aromatic heterocycles. The third kappa shape index (κ3) is 3.93. The smallest absolute Gasteiger partial charge is 0.273 e. The zero-order valence-electron chi connectivity index (χ0n) is 15.4. The highest BCUT2D eigenvalue weighted by atomic mass is 16.5. The number of hydrogen-bond acceptors (Lipinski definition) is 6. The maximum atomic E-state index is 12.5. The summed E-state index contributed by atoms with van der Waals surface area (Å²) in [5.74, 6) is 2.16. The lowest BCUT2D eigenvalue weighted by Crippen LogP contribution is -2.42. The monoisotopic (exact) mass is 380 g/mol. The average Bonchev–Trinajstić information content (AvgIpc) is 3.21. The minimum Gasteiger partial charge on any atom is -0.493 e. The molecule has 0 fully saturated rings. The predicted octanol–water partition coefficient (Wildman–Crippen LogP) is 3.00.